The van der Waals surface area contributed by atoms with Gasteiger partial charge < -0.3 is 9.84 Å². The highest BCUT2D eigenvalue weighted by atomic mass is 16.5. The minimum atomic E-state index is -0.779. The van der Waals surface area contributed by atoms with Crippen molar-refractivity contribution in [1.82, 2.24) is 9.97 Å². The van der Waals surface area contributed by atoms with E-state index in [1.807, 2.05) is 26.0 Å². The van der Waals surface area contributed by atoms with Crippen molar-refractivity contribution in [1.29, 1.82) is 0 Å². The number of aliphatic hydroxyl groups is 1. The molecule has 0 fully saturated rings. The monoisotopic (exact) mass is 244 g/mol. The van der Waals surface area contributed by atoms with Crippen LogP contribution >= 0.6 is 0 Å². The van der Waals surface area contributed by atoms with E-state index in [0.717, 1.165) is 5.56 Å². The normalized spacial score (nSPS) is 12.2. The van der Waals surface area contributed by atoms with Gasteiger partial charge in [-0.3, -0.25) is 9.97 Å². The van der Waals surface area contributed by atoms with E-state index < -0.39 is 6.10 Å². The molecule has 1 N–H and O–H groups in total. The van der Waals surface area contributed by atoms with Gasteiger partial charge in [0.15, 0.2) is 0 Å². The van der Waals surface area contributed by atoms with Crippen molar-refractivity contribution in [2.45, 2.75) is 20.0 Å². The van der Waals surface area contributed by atoms with E-state index in [4.69, 9.17) is 4.74 Å². The van der Waals surface area contributed by atoms with Crippen molar-refractivity contribution >= 4 is 0 Å². The number of aliphatic hydroxyl groups excluding tert-OH is 1. The van der Waals surface area contributed by atoms with E-state index in [1.165, 1.54) is 0 Å². The number of nitrogens with zero attached hydrogens (tertiary/aromatic N) is 2. The second-order valence-corrected chi connectivity index (χ2v) is 4.00. The second kappa shape index (κ2) is 5.60. The Balaban J connectivity index is 2.31. The van der Waals surface area contributed by atoms with Gasteiger partial charge in [-0.2, -0.15) is 0 Å². The molecule has 0 aliphatic carbocycles. The Morgan fingerprint density at radius 2 is 2.22 bits per heavy atom. The zero-order valence-electron chi connectivity index (χ0n) is 10.5. The van der Waals surface area contributed by atoms with Crippen LogP contribution in [0.5, 0.6) is 5.75 Å². The van der Waals surface area contributed by atoms with Crippen LogP contribution in [-0.4, -0.2) is 21.7 Å². The third kappa shape index (κ3) is 2.65. The molecule has 4 nitrogen and oxygen atoms in total. The molecule has 0 saturated heterocycles. The Labute approximate surface area is 106 Å². The van der Waals surface area contributed by atoms with Gasteiger partial charge >= 0.3 is 0 Å². The number of hydrogen-bond acceptors (Lipinski definition) is 4. The minimum absolute atomic E-state index is 0.573. The van der Waals surface area contributed by atoms with Gasteiger partial charge in [0, 0.05) is 18.0 Å². The fraction of sp³-hybridized carbons (Fsp3) is 0.286. The lowest BCUT2D eigenvalue weighted by Crippen LogP contribution is -2.05. The lowest BCUT2D eigenvalue weighted by molar-refractivity contribution is 0.213. The van der Waals surface area contributed by atoms with Crippen LogP contribution in [0.1, 0.15) is 29.8 Å². The molecule has 0 aromatic carbocycles. The summed E-state index contributed by atoms with van der Waals surface area (Å²) in [5, 5.41) is 10.3. The Morgan fingerprint density at radius 1 is 1.39 bits per heavy atom. The first-order chi connectivity index (χ1) is 8.72. The van der Waals surface area contributed by atoms with Gasteiger partial charge in [0.1, 0.15) is 11.9 Å². The average molecular weight is 244 g/mol. The Morgan fingerprint density at radius 3 is 2.94 bits per heavy atom. The summed E-state index contributed by atoms with van der Waals surface area (Å²) in [6, 6.07) is 5.56. The molecule has 94 valence electrons. The number of pyridine rings is 2. The van der Waals surface area contributed by atoms with E-state index in [9.17, 15) is 5.11 Å². The summed E-state index contributed by atoms with van der Waals surface area (Å²) in [7, 11) is 0. The Hall–Kier alpha value is -1.94. The summed E-state index contributed by atoms with van der Waals surface area (Å²) in [5.41, 5.74) is 2.28. The molecule has 0 amide bonds. The fourth-order valence-electron chi connectivity index (χ4n) is 1.77. The van der Waals surface area contributed by atoms with E-state index in [1.54, 1.807) is 24.7 Å². The van der Waals surface area contributed by atoms with E-state index >= 15 is 0 Å². The SMILES string of the molecule is CCOc1cncc(C(O)c2ncccc2C)c1. The number of rotatable bonds is 4. The van der Waals surface area contributed by atoms with Crippen molar-refractivity contribution in [3.63, 3.8) is 0 Å². The van der Waals surface area contributed by atoms with E-state index in [-0.39, 0.29) is 0 Å². The van der Waals surface area contributed by atoms with Crippen molar-refractivity contribution in [2.75, 3.05) is 6.61 Å². The van der Waals surface area contributed by atoms with Crippen LogP contribution in [0.2, 0.25) is 0 Å². The third-order valence-electron chi connectivity index (χ3n) is 2.67. The molecule has 1 unspecified atom stereocenters. The smallest absolute Gasteiger partial charge is 0.137 e. The predicted octanol–water partition coefficient (Wildman–Crippen LogP) is 2.27. The van der Waals surface area contributed by atoms with Crippen molar-refractivity contribution in [2.24, 2.45) is 0 Å². The lowest BCUT2D eigenvalue weighted by Gasteiger charge is -2.13. The molecule has 4 heteroatoms. The molecule has 2 heterocycles. The van der Waals surface area contributed by atoms with Crippen LogP contribution in [0.25, 0.3) is 0 Å². The number of hydrogen-bond donors (Lipinski definition) is 1. The van der Waals surface area contributed by atoms with Crippen LogP contribution < -0.4 is 4.74 Å². The minimum Gasteiger partial charge on any atom is -0.492 e. The first-order valence-corrected chi connectivity index (χ1v) is 5.89. The average Bonchev–Trinajstić information content (AvgIpc) is 2.39. The zero-order valence-corrected chi connectivity index (χ0v) is 10.5. The quantitative estimate of drug-likeness (QED) is 0.896. The van der Waals surface area contributed by atoms with Gasteiger partial charge in [-0.1, -0.05) is 6.07 Å². The molecule has 2 rings (SSSR count). The summed E-state index contributed by atoms with van der Waals surface area (Å²) in [6.07, 6.45) is 4.15. The van der Waals surface area contributed by atoms with Crippen LogP contribution in [0.4, 0.5) is 0 Å². The van der Waals surface area contributed by atoms with Crippen LogP contribution in [0.15, 0.2) is 36.8 Å². The summed E-state index contributed by atoms with van der Waals surface area (Å²) < 4.78 is 5.37. The molecule has 2 aromatic rings. The van der Waals surface area contributed by atoms with Crippen molar-refractivity contribution in [3.05, 3.63) is 53.6 Å². The van der Waals surface area contributed by atoms with Crippen LogP contribution in [0, 0.1) is 6.92 Å². The van der Waals surface area contributed by atoms with Crippen LogP contribution in [0.3, 0.4) is 0 Å². The Bertz CT molecular complexity index is 529. The molecule has 0 bridgehead atoms. The Kier molecular flexibility index (Phi) is 3.89. The first kappa shape index (κ1) is 12.5. The maximum absolute atomic E-state index is 10.3. The van der Waals surface area contributed by atoms with E-state index in [0.29, 0.717) is 23.6 Å². The topological polar surface area (TPSA) is 55.2 Å². The standard InChI is InChI=1S/C14H16N2O2/c1-3-18-12-7-11(8-15-9-12)14(17)13-10(2)5-4-6-16-13/h4-9,14,17H,3H2,1-2H3. The largest absolute Gasteiger partial charge is 0.492 e. The summed E-state index contributed by atoms with van der Waals surface area (Å²) in [6.45, 7) is 4.40. The second-order valence-electron chi connectivity index (χ2n) is 4.00. The number of ether oxygens (including phenoxy) is 1. The molecular formula is C14H16N2O2. The molecule has 0 spiro atoms. The maximum atomic E-state index is 10.3. The van der Waals surface area contributed by atoms with E-state index in [2.05, 4.69) is 9.97 Å². The van der Waals surface area contributed by atoms with Crippen molar-refractivity contribution in [3.8, 4) is 5.75 Å². The predicted molar refractivity (Wildman–Crippen MR) is 68.4 cm³/mol. The van der Waals surface area contributed by atoms with Crippen LogP contribution in [-0.2, 0) is 0 Å². The van der Waals surface area contributed by atoms with Gasteiger partial charge in [0.2, 0.25) is 0 Å². The molecule has 0 aliphatic heterocycles. The summed E-state index contributed by atoms with van der Waals surface area (Å²) in [4.78, 5) is 8.28. The highest BCUT2D eigenvalue weighted by Gasteiger charge is 2.15. The number of aromatic nitrogens is 2. The first-order valence-electron chi connectivity index (χ1n) is 5.89. The van der Waals surface area contributed by atoms with Gasteiger partial charge in [-0.05, 0) is 31.5 Å². The molecule has 0 saturated carbocycles. The molecule has 0 aliphatic rings. The van der Waals surface area contributed by atoms with Gasteiger partial charge in [0.05, 0.1) is 18.5 Å². The van der Waals surface area contributed by atoms with Gasteiger partial charge in [-0.25, -0.2) is 0 Å². The molecule has 1 atom stereocenters. The number of aryl methyl sites for hydroxylation is 1. The molecule has 2 aromatic heterocycles. The molecular weight excluding hydrogens is 228 g/mol. The maximum Gasteiger partial charge on any atom is 0.137 e. The summed E-state index contributed by atoms with van der Waals surface area (Å²) in [5.74, 6) is 0.655. The highest BCUT2D eigenvalue weighted by Crippen LogP contribution is 2.24. The molecule has 0 radical (unpaired) electrons. The van der Waals surface area contributed by atoms with Gasteiger partial charge in [0.25, 0.3) is 0 Å². The highest BCUT2D eigenvalue weighted by molar-refractivity contribution is 5.32. The summed E-state index contributed by atoms with van der Waals surface area (Å²) >= 11 is 0. The molecule has 18 heavy (non-hydrogen) atoms. The zero-order chi connectivity index (χ0) is 13.0. The lowest BCUT2D eigenvalue weighted by atomic mass is 10.0. The third-order valence-corrected chi connectivity index (χ3v) is 2.67. The fourth-order valence-corrected chi connectivity index (χ4v) is 1.77. The van der Waals surface area contributed by atoms with Gasteiger partial charge in [-0.15, -0.1) is 0 Å². The van der Waals surface area contributed by atoms with Crippen molar-refractivity contribution < 1.29 is 9.84 Å².